The van der Waals surface area contributed by atoms with Crippen molar-refractivity contribution < 1.29 is 14.1 Å². The van der Waals surface area contributed by atoms with Gasteiger partial charge in [-0.25, -0.2) is 4.39 Å². The predicted molar refractivity (Wildman–Crippen MR) is 43.1 cm³/mol. The van der Waals surface area contributed by atoms with E-state index in [1.54, 1.807) is 6.92 Å². The molecule has 0 fully saturated rings. The van der Waals surface area contributed by atoms with E-state index in [9.17, 15) is 14.5 Å². The third-order valence-corrected chi connectivity index (χ3v) is 1.35. The highest BCUT2D eigenvalue weighted by atomic mass is 19.1. The molecule has 1 rings (SSSR count). The molecule has 0 aliphatic rings. The van der Waals surface area contributed by atoms with E-state index in [1.165, 1.54) is 0 Å². The summed E-state index contributed by atoms with van der Waals surface area (Å²) >= 11 is 0. The predicted octanol–water partition coefficient (Wildman–Crippen LogP) is 1.93. The molecule has 0 aliphatic carbocycles. The maximum atomic E-state index is 12.5. The van der Waals surface area contributed by atoms with Gasteiger partial charge in [0.15, 0.2) is 5.75 Å². The van der Waals surface area contributed by atoms with Crippen molar-refractivity contribution in [1.82, 2.24) is 0 Å². The second-order valence-electron chi connectivity index (χ2n) is 2.22. The topological polar surface area (TPSA) is 52.4 Å². The molecule has 0 saturated heterocycles. The van der Waals surface area contributed by atoms with Crippen molar-refractivity contribution >= 4 is 5.69 Å². The Kier molecular flexibility index (Phi) is 2.79. The Morgan fingerprint density at radius 1 is 1.77 bits per heavy atom. The summed E-state index contributed by atoms with van der Waals surface area (Å²) in [6.45, 7) is 1.98. The Bertz CT molecular complexity index is 327. The van der Waals surface area contributed by atoms with Gasteiger partial charge in [-0.3, -0.25) is 10.1 Å². The van der Waals surface area contributed by atoms with Crippen LogP contribution in [0.15, 0.2) is 12.1 Å². The molecule has 1 aromatic carbocycles. The van der Waals surface area contributed by atoms with Crippen LogP contribution in [0.1, 0.15) is 6.92 Å². The van der Waals surface area contributed by atoms with E-state index in [2.05, 4.69) is 6.07 Å². The number of benzene rings is 1. The van der Waals surface area contributed by atoms with E-state index in [4.69, 9.17) is 4.74 Å². The lowest BCUT2D eigenvalue weighted by Crippen LogP contribution is -1.97. The van der Waals surface area contributed by atoms with Crippen LogP contribution in [0.5, 0.6) is 5.75 Å². The number of nitrogens with zero attached hydrogens (tertiary/aromatic N) is 1. The Labute approximate surface area is 74.1 Å². The first-order valence-electron chi connectivity index (χ1n) is 3.63. The van der Waals surface area contributed by atoms with Gasteiger partial charge in [-0.05, 0) is 13.0 Å². The molecular formula is C8H7FNO3. The zero-order valence-corrected chi connectivity index (χ0v) is 6.91. The van der Waals surface area contributed by atoms with Gasteiger partial charge in [0.2, 0.25) is 0 Å². The Morgan fingerprint density at radius 2 is 2.46 bits per heavy atom. The molecule has 1 aromatic rings. The van der Waals surface area contributed by atoms with Crippen molar-refractivity contribution in [2.24, 2.45) is 0 Å². The van der Waals surface area contributed by atoms with Gasteiger partial charge >= 0.3 is 5.69 Å². The molecule has 0 spiro atoms. The van der Waals surface area contributed by atoms with Gasteiger partial charge in [0.1, 0.15) is 5.82 Å². The number of hydrogen-bond donors (Lipinski definition) is 0. The zero-order chi connectivity index (χ0) is 9.84. The molecule has 0 saturated carbocycles. The van der Waals surface area contributed by atoms with Crippen molar-refractivity contribution in [3.05, 3.63) is 34.1 Å². The average molecular weight is 184 g/mol. The Morgan fingerprint density at radius 3 is 3.00 bits per heavy atom. The molecule has 0 aromatic heterocycles. The summed E-state index contributed by atoms with van der Waals surface area (Å²) in [6, 6.07) is 4.09. The average Bonchev–Trinajstić information content (AvgIpc) is 2.08. The Balaban J connectivity index is 3.10. The summed E-state index contributed by atoms with van der Waals surface area (Å²) in [5.41, 5.74) is -0.377. The molecule has 1 radical (unpaired) electrons. The van der Waals surface area contributed by atoms with Crippen LogP contribution in [0.3, 0.4) is 0 Å². The Hall–Kier alpha value is -1.65. The van der Waals surface area contributed by atoms with Gasteiger partial charge in [0, 0.05) is 6.07 Å². The van der Waals surface area contributed by atoms with E-state index >= 15 is 0 Å². The fraction of sp³-hybridized carbons (Fsp3) is 0.250. The van der Waals surface area contributed by atoms with Crippen molar-refractivity contribution in [2.75, 3.05) is 6.61 Å². The van der Waals surface area contributed by atoms with E-state index in [-0.39, 0.29) is 11.4 Å². The first-order valence-corrected chi connectivity index (χ1v) is 3.63. The molecule has 0 heterocycles. The second kappa shape index (κ2) is 3.84. The van der Waals surface area contributed by atoms with Crippen molar-refractivity contribution in [2.45, 2.75) is 6.92 Å². The number of nitro benzene ring substituents is 1. The molecule has 0 N–H and O–H groups in total. The zero-order valence-electron chi connectivity index (χ0n) is 6.91. The third kappa shape index (κ3) is 2.14. The molecular weight excluding hydrogens is 177 g/mol. The summed E-state index contributed by atoms with van der Waals surface area (Å²) < 4.78 is 17.4. The highest BCUT2D eigenvalue weighted by Gasteiger charge is 2.15. The first-order chi connectivity index (χ1) is 6.15. The summed E-state index contributed by atoms with van der Waals surface area (Å²) in [5, 5.41) is 10.4. The lowest BCUT2D eigenvalue weighted by Gasteiger charge is -2.02. The van der Waals surface area contributed by atoms with Crippen molar-refractivity contribution in [3.63, 3.8) is 0 Å². The summed E-state index contributed by atoms with van der Waals surface area (Å²) in [5.74, 6) is -0.732. The van der Waals surface area contributed by atoms with Crippen LogP contribution in [0.25, 0.3) is 0 Å². The number of nitro groups is 1. The van der Waals surface area contributed by atoms with Gasteiger partial charge in [0.05, 0.1) is 17.6 Å². The van der Waals surface area contributed by atoms with Gasteiger partial charge in [-0.1, -0.05) is 0 Å². The van der Waals surface area contributed by atoms with Crippen molar-refractivity contribution in [3.8, 4) is 5.75 Å². The standard InChI is InChI=1S/C8H7FNO3/c1-2-13-8-4-3-6(9)5-7(8)10(11)12/h4-5H,2H2,1H3. The lowest BCUT2D eigenvalue weighted by molar-refractivity contribution is -0.386. The quantitative estimate of drug-likeness (QED) is 0.532. The first kappa shape index (κ1) is 9.44. The SMILES string of the molecule is CCOc1c[c]c(F)cc1[N+](=O)[O-]. The number of ether oxygens (including phenoxy) is 1. The molecule has 5 heteroatoms. The smallest absolute Gasteiger partial charge is 0.313 e. The van der Waals surface area contributed by atoms with Crippen LogP contribution >= 0.6 is 0 Å². The summed E-state index contributed by atoms with van der Waals surface area (Å²) in [6.07, 6.45) is 0. The number of halogens is 1. The van der Waals surface area contributed by atoms with Crippen LogP contribution in [0, 0.1) is 22.0 Å². The van der Waals surface area contributed by atoms with E-state index in [1.807, 2.05) is 0 Å². The van der Waals surface area contributed by atoms with Gasteiger partial charge in [-0.15, -0.1) is 0 Å². The van der Waals surface area contributed by atoms with Crippen molar-refractivity contribution in [1.29, 1.82) is 0 Å². The van der Waals surface area contributed by atoms with Crippen LogP contribution in [-0.4, -0.2) is 11.5 Å². The van der Waals surface area contributed by atoms with E-state index in [0.717, 1.165) is 12.1 Å². The van der Waals surface area contributed by atoms with E-state index in [0.29, 0.717) is 6.61 Å². The highest BCUT2D eigenvalue weighted by molar-refractivity contribution is 5.45. The maximum Gasteiger partial charge on any atom is 0.313 e. The normalized spacial score (nSPS) is 9.69. The highest BCUT2D eigenvalue weighted by Crippen LogP contribution is 2.26. The molecule has 0 amide bonds. The van der Waals surface area contributed by atoms with Crippen LogP contribution in [0.2, 0.25) is 0 Å². The number of hydrogen-bond acceptors (Lipinski definition) is 3. The summed E-state index contributed by atoms with van der Waals surface area (Å²) in [7, 11) is 0. The summed E-state index contributed by atoms with van der Waals surface area (Å²) in [4.78, 5) is 9.70. The van der Waals surface area contributed by atoms with Crippen LogP contribution in [0.4, 0.5) is 10.1 Å². The molecule has 13 heavy (non-hydrogen) atoms. The van der Waals surface area contributed by atoms with Gasteiger partial charge in [-0.2, -0.15) is 0 Å². The van der Waals surface area contributed by atoms with Gasteiger partial charge < -0.3 is 4.74 Å². The molecule has 0 bridgehead atoms. The van der Waals surface area contributed by atoms with Crippen LogP contribution in [-0.2, 0) is 0 Å². The molecule has 69 valence electrons. The maximum absolute atomic E-state index is 12.5. The minimum Gasteiger partial charge on any atom is -0.487 e. The lowest BCUT2D eigenvalue weighted by atomic mass is 10.3. The fourth-order valence-electron chi connectivity index (χ4n) is 0.855. The molecule has 0 aliphatic heterocycles. The molecule has 0 unspecified atom stereocenters. The third-order valence-electron chi connectivity index (χ3n) is 1.35. The van der Waals surface area contributed by atoms with Gasteiger partial charge in [0.25, 0.3) is 0 Å². The van der Waals surface area contributed by atoms with Crippen LogP contribution < -0.4 is 4.74 Å². The molecule has 4 nitrogen and oxygen atoms in total. The minimum atomic E-state index is -0.768. The van der Waals surface area contributed by atoms with E-state index < -0.39 is 10.7 Å². The fourth-order valence-corrected chi connectivity index (χ4v) is 0.855. The largest absolute Gasteiger partial charge is 0.487 e. The minimum absolute atomic E-state index is 0.0360. The second-order valence-corrected chi connectivity index (χ2v) is 2.22. The molecule has 0 atom stereocenters. The number of rotatable bonds is 3. The monoisotopic (exact) mass is 184 g/mol.